The minimum atomic E-state index is 0.486. The zero-order valence-corrected chi connectivity index (χ0v) is 12.7. The van der Waals surface area contributed by atoms with E-state index in [0.717, 1.165) is 12.8 Å². The van der Waals surface area contributed by atoms with Gasteiger partial charge in [0.1, 0.15) is 5.78 Å². The molecule has 3 unspecified atom stereocenters. The molecule has 0 amide bonds. The molecule has 3 heterocycles. The zero-order valence-electron chi connectivity index (χ0n) is 11.8. The topological polar surface area (TPSA) is 20.3 Å². The molecule has 19 heavy (non-hydrogen) atoms. The fraction of sp³-hybridized carbons (Fsp3) is 0.688. The van der Waals surface area contributed by atoms with Crippen molar-refractivity contribution in [2.75, 3.05) is 0 Å². The standard InChI is InChI=1S/C16H23NOS/c1-11(2)16(15-7-4-8-19-15)17-12-5-3-6-13(17)10-14(18)9-12/h4,7-8,11-13,16H,3,5-6,9-10H2,1-2H3. The summed E-state index contributed by atoms with van der Waals surface area (Å²) in [6.07, 6.45) is 5.28. The van der Waals surface area contributed by atoms with Crippen LogP contribution in [0.2, 0.25) is 0 Å². The number of Topliss-reactive ketones (excluding diaryl/α,β-unsaturated/α-hetero) is 1. The van der Waals surface area contributed by atoms with Gasteiger partial charge >= 0.3 is 0 Å². The summed E-state index contributed by atoms with van der Waals surface area (Å²) in [5.74, 6) is 1.09. The van der Waals surface area contributed by atoms with Crippen LogP contribution >= 0.6 is 11.3 Å². The van der Waals surface area contributed by atoms with E-state index in [9.17, 15) is 4.79 Å². The molecule has 0 aliphatic carbocycles. The second kappa shape index (κ2) is 5.37. The van der Waals surface area contributed by atoms with Gasteiger partial charge in [-0.25, -0.2) is 0 Å². The summed E-state index contributed by atoms with van der Waals surface area (Å²) < 4.78 is 0. The van der Waals surface area contributed by atoms with E-state index < -0.39 is 0 Å². The molecular weight excluding hydrogens is 254 g/mol. The Morgan fingerprint density at radius 2 is 1.95 bits per heavy atom. The summed E-state index contributed by atoms with van der Waals surface area (Å²) in [4.78, 5) is 16.0. The van der Waals surface area contributed by atoms with E-state index in [0.29, 0.717) is 29.8 Å². The lowest BCUT2D eigenvalue weighted by atomic mass is 9.81. The van der Waals surface area contributed by atoms with Gasteiger partial charge in [0, 0.05) is 35.8 Å². The molecule has 1 aromatic rings. The van der Waals surface area contributed by atoms with Crippen LogP contribution in [0.4, 0.5) is 0 Å². The number of nitrogens with zero attached hydrogens (tertiary/aromatic N) is 1. The van der Waals surface area contributed by atoms with Crippen LogP contribution in [0.25, 0.3) is 0 Å². The van der Waals surface area contributed by atoms with Gasteiger partial charge in [-0.1, -0.05) is 26.3 Å². The molecule has 3 rings (SSSR count). The number of hydrogen-bond acceptors (Lipinski definition) is 3. The first-order valence-electron chi connectivity index (χ1n) is 7.49. The highest BCUT2D eigenvalue weighted by Crippen LogP contribution is 2.42. The smallest absolute Gasteiger partial charge is 0.136 e. The van der Waals surface area contributed by atoms with Crippen LogP contribution in [0.15, 0.2) is 17.5 Å². The molecular formula is C16H23NOS. The van der Waals surface area contributed by atoms with Gasteiger partial charge in [0.2, 0.25) is 0 Å². The third kappa shape index (κ3) is 2.50. The van der Waals surface area contributed by atoms with Gasteiger partial charge in [0.05, 0.1) is 0 Å². The molecule has 0 radical (unpaired) electrons. The Hall–Kier alpha value is -0.670. The minimum Gasteiger partial charge on any atom is -0.300 e. The summed E-state index contributed by atoms with van der Waals surface area (Å²) in [7, 11) is 0. The van der Waals surface area contributed by atoms with Crippen molar-refractivity contribution in [3.8, 4) is 0 Å². The largest absolute Gasteiger partial charge is 0.300 e. The monoisotopic (exact) mass is 277 g/mol. The van der Waals surface area contributed by atoms with Crippen LogP contribution in [0, 0.1) is 5.92 Å². The quantitative estimate of drug-likeness (QED) is 0.831. The number of fused-ring (bicyclic) bond motifs is 2. The predicted octanol–water partition coefficient (Wildman–Crippen LogP) is 4.03. The van der Waals surface area contributed by atoms with Crippen molar-refractivity contribution >= 4 is 17.1 Å². The van der Waals surface area contributed by atoms with Crippen LogP contribution in [-0.4, -0.2) is 22.8 Å². The van der Waals surface area contributed by atoms with Crippen LogP contribution in [0.3, 0.4) is 0 Å². The van der Waals surface area contributed by atoms with E-state index in [4.69, 9.17) is 0 Å². The van der Waals surface area contributed by atoms with E-state index in [1.807, 2.05) is 11.3 Å². The highest BCUT2D eigenvalue weighted by atomic mass is 32.1. The third-order valence-electron chi connectivity index (χ3n) is 4.63. The first-order valence-corrected chi connectivity index (χ1v) is 8.37. The minimum absolute atomic E-state index is 0.486. The molecule has 0 N–H and O–H groups in total. The number of carbonyl (C=O) groups excluding carboxylic acids is 1. The maximum absolute atomic E-state index is 11.9. The Morgan fingerprint density at radius 3 is 2.47 bits per heavy atom. The van der Waals surface area contributed by atoms with Crippen molar-refractivity contribution < 1.29 is 4.79 Å². The van der Waals surface area contributed by atoms with Gasteiger partial charge in [-0.05, 0) is 30.2 Å². The molecule has 0 saturated carbocycles. The van der Waals surface area contributed by atoms with Gasteiger partial charge < -0.3 is 0 Å². The summed E-state index contributed by atoms with van der Waals surface area (Å²) in [6.45, 7) is 4.63. The third-order valence-corrected chi connectivity index (χ3v) is 5.57. The fourth-order valence-corrected chi connectivity index (χ4v) is 4.95. The zero-order chi connectivity index (χ0) is 13.4. The fourth-order valence-electron chi connectivity index (χ4n) is 3.94. The van der Waals surface area contributed by atoms with E-state index in [1.54, 1.807) is 0 Å². The Bertz CT molecular complexity index is 424. The summed E-state index contributed by atoms with van der Waals surface area (Å²) in [5, 5.41) is 2.18. The number of carbonyl (C=O) groups is 1. The molecule has 0 aromatic carbocycles. The molecule has 2 aliphatic heterocycles. The highest BCUT2D eigenvalue weighted by molar-refractivity contribution is 7.10. The lowest BCUT2D eigenvalue weighted by Crippen LogP contribution is -2.54. The van der Waals surface area contributed by atoms with Crippen molar-refractivity contribution in [3.05, 3.63) is 22.4 Å². The van der Waals surface area contributed by atoms with E-state index in [-0.39, 0.29) is 0 Å². The average Bonchev–Trinajstić information content (AvgIpc) is 2.83. The van der Waals surface area contributed by atoms with E-state index in [1.165, 1.54) is 24.1 Å². The molecule has 2 bridgehead atoms. The molecule has 2 nitrogen and oxygen atoms in total. The molecule has 1 aromatic heterocycles. The van der Waals surface area contributed by atoms with Crippen LogP contribution in [0.5, 0.6) is 0 Å². The highest BCUT2D eigenvalue weighted by Gasteiger charge is 2.42. The van der Waals surface area contributed by atoms with Gasteiger partial charge in [0.25, 0.3) is 0 Å². The molecule has 2 aliphatic rings. The molecule has 0 spiro atoms. The molecule has 3 atom stereocenters. The number of rotatable bonds is 3. The summed E-state index contributed by atoms with van der Waals surface area (Å²) >= 11 is 1.87. The van der Waals surface area contributed by atoms with Crippen LogP contribution in [0.1, 0.15) is 56.9 Å². The summed E-state index contributed by atoms with van der Waals surface area (Å²) in [6, 6.07) is 5.91. The van der Waals surface area contributed by atoms with Gasteiger partial charge in [0.15, 0.2) is 0 Å². The maximum atomic E-state index is 11.9. The summed E-state index contributed by atoms with van der Waals surface area (Å²) in [5.41, 5.74) is 0. The predicted molar refractivity (Wildman–Crippen MR) is 79.4 cm³/mol. The molecule has 2 saturated heterocycles. The number of piperidine rings is 2. The molecule has 2 fully saturated rings. The van der Waals surface area contributed by atoms with Gasteiger partial charge in [-0.3, -0.25) is 9.69 Å². The number of hydrogen-bond donors (Lipinski definition) is 0. The van der Waals surface area contributed by atoms with Crippen LogP contribution in [-0.2, 0) is 4.79 Å². The van der Waals surface area contributed by atoms with Crippen molar-refractivity contribution in [2.45, 2.75) is 64.1 Å². The number of thiophene rings is 1. The van der Waals surface area contributed by atoms with Crippen LogP contribution < -0.4 is 0 Å². The Balaban J connectivity index is 1.91. The normalized spacial score (nSPS) is 29.7. The Kier molecular flexibility index (Phi) is 3.77. The van der Waals surface area contributed by atoms with Crippen molar-refractivity contribution in [3.63, 3.8) is 0 Å². The maximum Gasteiger partial charge on any atom is 0.136 e. The molecule has 3 heteroatoms. The first-order chi connectivity index (χ1) is 9.16. The second-order valence-electron chi connectivity index (χ2n) is 6.34. The van der Waals surface area contributed by atoms with Crippen molar-refractivity contribution in [1.82, 2.24) is 4.90 Å². The van der Waals surface area contributed by atoms with Crippen molar-refractivity contribution in [1.29, 1.82) is 0 Å². The van der Waals surface area contributed by atoms with Crippen molar-refractivity contribution in [2.24, 2.45) is 5.92 Å². The Labute approximate surface area is 119 Å². The number of ketones is 1. The lowest BCUT2D eigenvalue weighted by molar-refractivity contribution is -0.129. The molecule has 104 valence electrons. The average molecular weight is 277 g/mol. The Morgan fingerprint density at radius 1 is 1.26 bits per heavy atom. The first kappa shape index (κ1) is 13.3. The second-order valence-corrected chi connectivity index (χ2v) is 7.32. The van der Waals surface area contributed by atoms with Gasteiger partial charge in [-0.15, -0.1) is 11.3 Å². The lowest BCUT2D eigenvalue weighted by Gasteiger charge is -2.50. The van der Waals surface area contributed by atoms with Gasteiger partial charge in [-0.2, -0.15) is 0 Å². The SMILES string of the molecule is CC(C)C(c1cccs1)N1C2CCCC1CC(=O)C2. The van der Waals surface area contributed by atoms with E-state index >= 15 is 0 Å². The van der Waals surface area contributed by atoms with E-state index in [2.05, 4.69) is 36.3 Å².